The number of nitrogens with zero attached hydrogens (tertiary/aromatic N) is 40. The van der Waals surface area contributed by atoms with Crippen molar-refractivity contribution in [2.24, 2.45) is 58.6 Å². The molecular formula is C24H20N40P4. The average molecular weight is 993 g/mol. The summed E-state index contributed by atoms with van der Waals surface area (Å²) in [5.41, 5.74) is 114. The summed E-state index contributed by atoms with van der Waals surface area (Å²) in [7, 11) is -22.5. The maximum atomic E-state index is 9.53. The van der Waals surface area contributed by atoms with Crippen LogP contribution in [0.3, 0.4) is 0 Å². The molecular weight excluding hydrogens is 972 g/mol. The van der Waals surface area contributed by atoms with Crippen LogP contribution in [0.15, 0.2) is 180 Å². The van der Waals surface area contributed by atoms with Crippen LogP contribution < -0.4 is 17.8 Å². The topological polar surface area (TPSA) is 598 Å². The van der Waals surface area contributed by atoms with E-state index in [9.17, 15) is 66.4 Å². The zero-order valence-electron chi connectivity index (χ0n) is 33.2. The normalized spacial score (nSPS) is 19.8. The van der Waals surface area contributed by atoms with Gasteiger partial charge >= 0.3 is 375 Å². The fourth-order valence-corrected chi connectivity index (χ4v) is 28.9. The zero-order chi connectivity index (χ0) is 49.5. The van der Waals surface area contributed by atoms with Gasteiger partial charge in [-0.05, 0) is 0 Å². The van der Waals surface area contributed by atoms with E-state index in [2.05, 4.69) is 118 Å². The van der Waals surface area contributed by atoms with Gasteiger partial charge in [-0.3, -0.25) is 0 Å². The van der Waals surface area contributed by atoms with Crippen molar-refractivity contribution in [1.29, 1.82) is 0 Å². The molecule has 0 radical (unpaired) electrons. The third-order valence-electron chi connectivity index (χ3n) is 9.06. The first-order valence-corrected chi connectivity index (χ1v) is 25.3. The third-order valence-corrected chi connectivity index (χ3v) is 28.8. The number of anilines is 4. The molecule has 0 N–H and O–H groups in total. The Balaban J connectivity index is 0.000000254. The first-order valence-electron chi connectivity index (χ1n) is 17.3. The summed E-state index contributed by atoms with van der Waals surface area (Å²) in [6.45, 7) is 0. The number of benzene rings is 4. The Morgan fingerprint density at radius 2 is 0.338 bits per heavy atom. The van der Waals surface area contributed by atoms with Crippen LogP contribution in [0.25, 0.3) is 125 Å². The quantitative estimate of drug-likeness (QED) is 0.0457. The summed E-state index contributed by atoms with van der Waals surface area (Å²) in [5.74, 6) is 0. The fourth-order valence-electron chi connectivity index (χ4n) is 7.28. The summed E-state index contributed by atoms with van der Waals surface area (Å²) in [4.78, 5) is 77.2. The summed E-state index contributed by atoms with van der Waals surface area (Å²) in [5, 5.41) is 0. The van der Waals surface area contributed by atoms with Gasteiger partial charge in [0.25, 0.3) is 0 Å². The van der Waals surface area contributed by atoms with Gasteiger partial charge in [0, 0.05) is 0 Å². The van der Waals surface area contributed by atoms with Crippen molar-refractivity contribution >= 4 is 52.2 Å². The number of azide groups is 4. The number of hydrogen-bond acceptors (Lipinski definition) is 16. The third kappa shape index (κ3) is 6.33. The van der Waals surface area contributed by atoms with Gasteiger partial charge in [-0.2, -0.15) is 0 Å². The first kappa shape index (κ1) is 48.6. The SMILES string of the molecule is [N-]=[N+]=NP1(N=[N+]=[N-])(N=[N+]=[N-])N(c2ccccc2)P(N=[N+]=[N-])(N=[N+]=[N-])(N=[N+]=[N-])N1c1ccccc1.[N-]=[N+]=NP1(N=[N+]=[N-])(N=[N+]=[N-])N(c2ccccc2)P(N=[N+]=[N-])(N=[N+]=[N-])(N=[N+]=[N-])N1c1ccccc1. The molecule has 6 rings (SSSR count). The van der Waals surface area contributed by atoms with Crippen molar-refractivity contribution in [1.82, 2.24) is 0 Å². The van der Waals surface area contributed by atoms with Gasteiger partial charge in [0.15, 0.2) is 0 Å². The average Bonchev–Trinajstić information content (AvgIpc) is 3.32. The van der Waals surface area contributed by atoms with Crippen molar-refractivity contribution in [2.75, 3.05) is 17.8 Å². The standard InChI is InChI=1S/2C12H10N20P2/c2*13-19-25-33(26-20-14,27-21-15)31(11-7-3-1-4-8-11)34(28-22-16,29-23-17,30-24-18)32(33)12-9-5-2-6-10-12/h2*1-10H. The zero-order valence-corrected chi connectivity index (χ0v) is 36.8. The van der Waals surface area contributed by atoms with Gasteiger partial charge in [0.2, 0.25) is 0 Å². The Labute approximate surface area is 374 Å². The molecule has 68 heavy (non-hydrogen) atoms. The van der Waals surface area contributed by atoms with E-state index in [1.54, 1.807) is 24.3 Å². The maximum absolute atomic E-state index is 9.53. The van der Waals surface area contributed by atoms with Gasteiger partial charge in [0.05, 0.1) is 0 Å². The van der Waals surface area contributed by atoms with Gasteiger partial charge < -0.3 is 0 Å². The molecule has 2 aliphatic rings. The van der Waals surface area contributed by atoms with Crippen molar-refractivity contribution < 1.29 is 0 Å². The second kappa shape index (κ2) is 18.3. The summed E-state index contributed by atoms with van der Waals surface area (Å²) < 4.78 is 3.12. The molecule has 44 heteroatoms. The molecule has 2 aliphatic heterocycles. The van der Waals surface area contributed by atoms with E-state index in [1.807, 2.05) is 0 Å². The Bertz CT molecular complexity index is 2640. The number of rotatable bonds is 16. The van der Waals surface area contributed by atoms with Crippen LogP contribution in [0, 0.1) is 0 Å². The van der Waals surface area contributed by atoms with Crippen LogP contribution in [0.4, 0.5) is 22.7 Å². The number of para-hydroxylation sites is 4. The van der Waals surface area contributed by atoms with Crippen LogP contribution in [-0.4, -0.2) is 0 Å². The van der Waals surface area contributed by atoms with Crippen LogP contribution in [0.5, 0.6) is 0 Å². The molecule has 0 bridgehead atoms. The van der Waals surface area contributed by atoms with Crippen molar-refractivity contribution in [3.05, 3.63) is 247 Å². The van der Waals surface area contributed by atoms with E-state index < -0.39 is 29.4 Å². The molecule has 0 atom stereocenters. The van der Waals surface area contributed by atoms with Crippen LogP contribution in [0.1, 0.15) is 0 Å². The molecule has 40 nitrogen and oxygen atoms in total. The Morgan fingerprint density at radius 3 is 0.441 bits per heavy atom. The van der Waals surface area contributed by atoms with E-state index in [-0.39, 0.29) is 22.7 Å². The predicted octanol–water partition coefficient (Wildman–Crippen LogP) is 18.3. The Morgan fingerprint density at radius 1 is 0.221 bits per heavy atom. The minimum atomic E-state index is -5.62. The molecule has 336 valence electrons. The predicted molar refractivity (Wildman–Crippen MR) is 253 cm³/mol. The second-order valence-electron chi connectivity index (χ2n) is 12.2. The molecule has 0 aromatic heterocycles. The van der Waals surface area contributed by atoms with E-state index >= 15 is 0 Å². The van der Waals surface area contributed by atoms with Gasteiger partial charge in [-0.15, -0.1) is 0 Å². The van der Waals surface area contributed by atoms with Gasteiger partial charge in [-0.25, -0.2) is 0 Å². The van der Waals surface area contributed by atoms with Crippen LogP contribution in [-0.2, 0) is 0 Å². The molecule has 0 aliphatic carbocycles. The van der Waals surface area contributed by atoms with Gasteiger partial charge in [0.1, 0.15) is 0 Å². The fraction of sp³-hybridized carbons (Fsp3) is 0. The van der Waals surface area contributed by atoms with E-state index in [4.69, 9.17) is 0 Å². The molecule has 0 spiro atoms. The van der Waals surface area contributed by atoms with Crippen molar-refractivity contribution in [2.45, 2.75) is 0 Å². The van der Waals surface area contributed by atoms with Gasteiger partial charge in [-0.1, -0.05) is 0 Å². The summed E-state index contributed by atoms with van der Waals surface area (Å²) in [6, 6.07) is 29.2. The van der Waals surface area contributed by atoms with E-state index in [1.165, 1.54) is 97.1 Å². The van der Waals surface area contributed by atoms with E-state index in [0.717, 1.165) is 17.8 Å². The minimum absolute atomic E-state index is 0.0515. The van der Waals surface area contributed by atoms with E-state index in [0.29, 0.717) is 0 Å². The Hall–Kier alpha value is -10.5. The molecule has 4 aromatic carbocycles. The molecule has 2 saturated heterocycles. The molecule has 2 fully saturated rings. The molecule has 0 amide bonds. The summed E-state index contributed by atoms with van der Waals surface area (Å²) in [6.07, 6.45) is 0. The Kier molecular flexibility index (Phi) is 13.1. The molecule has 0 unspecified atom stereocenters. The molecule has 0 saturated carbocycles. The van der Waals surface area contributed by atoms with Crippen LogP contribution in [0.2, 0.25) is 0 Å². The van der Waals surface area contributed by atoms with Crippen molar-refractivity contribution in [3.63, 3.8) is 0 Å². The molecule has 2 heterocycles. The second-order valence-corrected chi connectivity index (χ2v) is 26.0. The summed E-state index contributed by atoms with van der Waals surface area (Å²) >= 11 is 0. The van der Waals surface area contributed by atoms with Crippen molar-refractivity contribution in [3.8, 4) is 0 Å². The first-order chi connectivity index (χ1) is 32.9. The molecule has 4 aromatic rings. The monoisotopic (exact) mass is 992 g/mol. The van der Waals surface area contributed by atoms with Crippen LogP contribution >= 0.6 is 29.4 Å². The number of hydrogen-bond donors (Lipinski definition) is 0.